The van der Waals surface area contributed by atoms with Crippen LogP contribution in [0.25, 0.3) is 21.2 Å². The first-order chi connectivity index (χ1) is 31.6. The molecule has 8 aromatic rings. The van der Waals surface area contributed by atoms with E-state index in [1.165, 1.54) is 12.1 Å². The predicted molar refractivity (Wildman–Crippen MR) is 250 cm³/mol. The Morgan fingerprint density at radius 1 is 0.578 bits per heavy atom. The van der Waals surface area contributed by atoms with Gasteiger partial charge in [0.05, 0.1) is 50.0 Å². The summed E-state index contributed by atoms with van der Waals surface area (Å²) >= 11 is 1.58. The Morgan fingerprint density at radius 3 is 1.67 bits per heavy atom. The van der Waals surface area contributed by atoms with Gasteiger partial charge in [-0.25, -0.2) is 9.37 Å². The average molecular weight is 872 g/mol. The Bertz CT molecular complexity index is 2680. The van der Waals surface area contributed by atoms with Crippen molar-refractivity contribution in [2.24, 2.45) is 0 Å². The second-order valence-corrected chi connectivity index (χ2v) is 17.0. The number of fused-ring (bicyclic) bond motifs is 1. The van der Waals surface area contributed by atoms with Gasteiger partial charge in [0, 0.05) is 23.6 Å². The third-order valence-electron chi connectivity index (χ3n) is 11.5. The van der Waals surface area contributed by atoms with E-state index < -0.39 is 30.5 Å². The van der Waals surface area contributed by atoms with Crippen LogP contribution in [0.15, 0.2) is 182 Å². The summed E-state index contributed by atoms with van der Waals surface area (Å²) in [5.74, 6) is 0.490. The fraction of sp³-hybridized carbons (Fsp3) is 0.218. The lowest BCUT2D eigenvalue weighted by Crippen LogP contribution is -2.58. The lowest BCUT2D eigenvalue weighted by molar-refractivity contribution is -0.274. The van der Waals surface area contributed by atoms with E-state index in [9.17, 15) is 4.39 Å². The Kier molecular flexibility index (Phi) is 14.2. The van der Waals surface area contributed by atoms with Crippen LogP contribution in [0.4, 0.5) is 4.39 Å². The maximum Gasteiger partial charge on any atom is 0.130 e. The molecule has 9 heteroatoms. The number of thiazole rings is 1. The molecule has 0 amide bonds. The van der Waals surface area contributed by atoms with Crippen molar-refractivity contribution < 1.29 is 32.8 Å². The van der Waals surface area contributed by atoms with E-state index in [1.54, 1.807) is 30.6 Å². The van der Waals surface area contributed by atoms with E-state index in [4.69, 9.17) is 33.4 Å². The van der Waals surface area contributed by atoms with Crippen LogP contribution in [-0.4, -0.2) is 43.1 Å². The highest BCUT2D eigenvalue weighted by Crippen LogP contribution is 2.44. The van der Waals surface area contributed by atoms with Crippen molar-refractivity contribution in [3.8, 4) is 16.2 Å². The van der Waals surface area contributed by atoms with Gasteiger partial charge in [0.2, 0.25) is 0 Å². The van der Waals surface area contributed by atoms with Gasteiger partial charge in [-0.05, 0) is 57.0 Å². The van der Waals surface area contributed by atoms with Crippen LogP contribution in [0.2, 0.25) is 0 Å². The van der Waals surface area contributed by atoms with Crippen LogP contribution < -0.4 is 4.74 Å². The number of hydrogen-bond donors (Lipinski definition) is 0. The van der Waals surface area contributed by atoms with Gasteiger partial charge in [0.15, 0.2) is 0 Å². The Hall–Kier alpha value is -6.04. The summed E-state index contributed by atoms with van der Waals surface area (Å²) < 4.78 is 55.2. The van der Waals surface area contributed by atoms with Crippen molar-refractivity contribution in [1.82, 2.24) is 4.98 Å². The van der Waals surface area contributed by atoms with Crippen molar-refractivity contribution >= 4 is 22.1 Å². The summed E-state index contributed by atoms with van der Waals surface area (Å²) in [5.41, 5.74) is 6.95. The second-order valence-electron chi connectivity index (χ2n) is 15.9. The highest BCUT2D eigenvalue weighted by molar-refractivity contribution is 7.15. The van der Waals surface area contributed by atoms with E-state index in [0.717, 1.165) is 65.4 Å². The van der Waals surface area contributed by atoms with Gasteiger partial charge < -0.3 is 28.4 Å². The molecule has 64 heavy (non-hydrogen) atoms. The SMILES string of the molecule is COc1c(Cc2ncc(-c3ccc(F)cc3)s2)cc([C@@H]2O[C@H](COCc3ccccc3)[C@@H](OCc3ccccc3)[C@H](OCc3ccccc3)[C@H]2OCc2ccccc2)c2ccccc12. The summed E-state index contributed by atoms with van der Waals surface area (Å²) in [7, 11) is 1.71. The van der Waals surface area contributed by atoms with E-state index in [-0.39, 0.29) is 12.4 Å². The molecular formula is C55H50FNO6S. The van der Waals surface area contributed by atoms with Gasteiger partial charge in [0.1, 0.15) is 42.1 Å². The van der Waals surface area contributed by atoms with Gasteiger partial charge in [0.25, 0.3) is 0 Å². The highest BCUT2D eigenvalue weighted by atomic mass is 32.1. The maximum absolute atomic E-state index is 13.8. The van der Waals surface area contributed by atoms with Crippen molar-refractivity contribution in [2.45, 2.75) is 63.4 Å². The number of benzene rings is 7. The number of aromatic nitrogens is 1. The van der Waals surface area contributed by atoms with Crippen molar-refractivity contribution in [1.29, 1.82) is 0 Å². The van der Waals surface area contributed by atoms with Crippen LogP contribution in [0, 0.1) is 5.82 Å². The van der Waals surface area contributed by atoms with Crippen molar-refractivity contribution in [2.75, 3.05) is 13.7 Å². The monoisotopic (exact) mass is 871 g/mol. The molecule has 0 saturated carbocycles. The molecule has 0 unspecified atom stereocenters. The second kappa shape index (κ2) is 21.1. The molecule has 1 fully saturated rings. The molecule has 324 valence electrons. The standard InChI is InChI=1S/C55H50FNO6S/c1-58-51-43(31-50-57-32-49(64-50)42-26-28-44(56)29-27-42)30-47(45-24-14-15-25-46(45)51)52-54(61-35-40-20-10-4-11-21-40)55(62-36-41-22-12-5-13-23-41)53(60-34-39-18-8-3-9-19-39)48(63-52)37-59-33-38-16-6-2-7-17-38/h2-30,32,48,52-55H,31,33-37H2,1H3/t48-,52+,53-,54+,55+/m1/s1. The number of methoxy groups -OCH3 is 1. The van der Waals surface area contributed by atoms with Gasteiger partial charge in [-0.1, -0.05) is 158 Å². The molecule has 0 radical (unpaired) electrons. The third-order valence-corrected chi connectivity index (χ3v) is 12.6. The molecule has 5 atom stereocenters. The van der Waals surface area contributed by atoms with Crippen LogP contribution in [-0.2, 0) is 56.5 Å². The van der Waals surface area contributed by atoms with Crippen LogP contribution in [0.3, 0.4) is 0 Å². The quantitative estimate of drug-likeness (QED) is 0.0851. The molecule has 0 N–H and O–H groups in total. The topological polar surface area (TPSA) is 68.3 Å². The highest BCUT2D eigenvalue weighted by Gasteiger charge is 2.49. The lowest BCUT2D eigenvalue weighted by atomic mass is 9.86. The first-order valence-corrected chi connectivity index (χ1v) is 22.4. The number of rotatable bonds is 18. The first-order valence-electron chi connectivity index (χ1n) is 21.6. The van der Waals surface area contributed by atoms with E-state index in [2.05, 4.69) is 66.7 Å². The van der Waals surface area contributed by atoms with Gasteiger partial charge in [-0.2, -0.15) is 0 Å². The predicted octanol–water partition coefficient (Wildman–Crippen LogP) is 12.1. The minimum atomic E-state index is -0.635. The summed E-state index contributed by atoms with van der Waals surface area (Å²) in [4.78, 5) is 5.79. The summed E-state index contributed by atoms with van der Waals surface area (Å²) in [5, 5.41) is 2.81. The first kappa shape index (κ1) is 43.2. The van der Waals surface area contributed by atoms with Gasteiger partial charge >= 0.3 is 0 Å². The normalized spacial score (nSPS) is 18.6. The number of nitrogens with zero attached hydrogens (tertiary/aromatic N) is 1. The zero-order chi connectivity index (χ0) is 43.5. The fourth-order valence-electron chi connectivity index (χ4n) is 8.39. The van der Waals surface area contributed by atoms with E-state index in [0.29, 0.717) is 32.8 Å². The Morgan fingerprint density at radius 2 is 1.09 bits per heavy atom. The molecule has 9 rings (SSSR count). The fourth-order valence-corrected chi connectivity index (χ4v) is 9.33. The molecule has 1 aliphatic rings. The lowest BCUT2D eigenvalue weighted by Gasteiger charge is -2.46. The summed E-state index contributed by atoms with van der Waals surface area (Å²) in [6.07, 6.45) is -0.661. The van der Waals surface area contributed by atoms with Crippen LogP contribution in [0.1, 0.15) is 44.5 Å². The Balaban J connectivity index is 1.15. The van der Waals surface area contributed by atoms with E-state index in [1.807, 2.05) is 91.1 Å². The third kappa shape index (κ3) is 10.5. The minimum Gasteiger partial charge on any atom is -0.496 e. The molecule has 2 heterocycles. The molecule has 0 aliphatic carbocycles. The Labute approximate surface area is 378 Å². The summed E-state index contributed by atoms with van der Waals surface area (Å²) in [6.45, 7) is 1.65. The molecule has 1 saturated heterocycles. The molecule has 1 aromatic heterocycles. The number of hydrogen-bond acceptors (Lipinski definition) is 8. The van der Waals surface area contributed by atoms with Crippen molar-refractivity contribution in [3.05, 3.63) is 226 Å². The largest absolute Gasteiger partial charge is 0.496 e. The minimum absolute atomic E-state index is 0.244. The number of halogens is 1. The van der Waals surface area contributed by atoms with Crippen molar-refractivity contribution in [3.63, 3.8) is 0 Å². The van der Waals surface area contributed by atoms with E-state index >= 15 is 0 Å². The molecule has 7 nitrogen and oxygen atoms in total. The van der Waals surface area contributed by atoms with Gasteiger partial charge in [-0.15, -0.1) is 11.3 Å². The smallest absolute Gasteiger partial charge is 0.130 e. The number of ether oxygens (including phenoxy) is 6. The molecule has 0 bridgehead atoms. The average Bonchev–Trinajstić information content (AvgIpc) is 3.82. The summed E-state index contributed by atoms with van der Waals surface area (Å²) in [6, 6.07) is 57.7. The van der Waals surface area contributed by atoms with Gasteiger partial charge in [-0.3, -0.25) is 0 Å². The van der Waals surface area contributed by atoms with Crippen LogP contribution >= 0.6 is 11.3 Å². The zero-order valence-electron chi connectivity index (χ0n) is 35.6. The molecular weight excluding hydrogens is 822 g/mol. The molecule has 0 spiro atoms. The van der Waals surface area contributed by atoms with Crippen LogP contribution in [0.5, 0.6) is 5.75 Å². The molecule has 1 aliphatic heterocycles. The maximum atomic E-state index is 13.8. The zero-order valence-corrected chi connectivity index (χ0v) is 36.4. The molecule has 7 aromatic carbocycles.